The van der Waals surface area contributed by atoms with Crippen molar-refractivity contribution in [1.29, 1.82) is 0 Å². The third-order valence-corrected chi connectivity index (χ3v) is 7.74. The first-order chi connectivity index (χ1) is 18.6. The topological polar surface area (TPSA) is 86.8 Å². The zero-order chi connectivity index (χ0) is 29.7. The van der Waals surface area contributed by atoms with Gasteiger partial charge in [-0.2, -0.15) is 0 Å². The van der Waals surface area contributed by atoms with Gasteiger partial charge in [0.25, 0.3) is 0 Å². The molecular weight excluding hydrogens is 569 g/mol. The monoisotopic (exact) mass is 603 g/mol. The summed E-state index contributed by atoms with van der Waals surface area (Å²) in [7, 11) is -3.96. The number of nitrogens with one attached hydrogen (secondary N) is 1. The Morgan fingerprint density at radius 1 is 0.925 bits per heavy atom. The number of hydrogen-bond acceptors (Lipinski definition) is 4. The van der Waals surface area contributed by atoms with Crippen LogP contribution in [0.1, 0.15) is 37.5 Å². The van der Waals surface area contributed by atoms with Crippen molar-refractivity contribution in [2.45, 2.75) is 52.2 Å². The van der Waals surface area contributed by atoms with Gasteiger partial charge in [-0.3, -0.25) is 13.9 Å². The van der Waals surface area contributed by atoms with Crippen LogP contribution in [0.3, 0.4) is 0 Å². The van der Waals surface area contributed by atoms with E-state index < -0.39 is 34.1 Å². The number of nitrogens with zero attached hydrogens (tertiary/aromatic N) is 2. The van der Waals surface area contributed by atoms with Crippen molar-refractivity contribution in [3.05, 3.63) is 99.5 Å². The Morgan fingerprint density at radius 2 is 1.57 bits per heavy atom. The quantitative estimate of drug-likeness (QED) is 0.326. The molecule has 1 N–H and O–H groups in total. The molecule has 10 heteroatoms. The van der Waals surface area contributed by atoms with Gasteiger partial charge in [0.1, 0.15) is 12.6 Å². The maximum Gasteiger partial charge on any atom is 0.244 e. The first kappa shape index (κ1) is 31.5. The van der Waals surface area contributed by atoms with Gasteiger partial charge < -0.3 is 10.2 Å². The van der Waals surface area contributed by atoms with Crippen molar-refractivity contribution in [2.24, 2.45) is 0 Å². The van der Waals surface area contributed by atoms with Gasteiger partial charge in [-0.1, -0.05) is 83.4 Å². The summed E-state index contributed by atoms with van der Waals surface area (Å²) in [5.41, 5.74) is 2.18. The van der Waals surface area contributed by atoms with E-state index in [1.807, 2.05) is 82.3 Å². The third kappa shape index (κ3) is 8.98. The van der Waals surface area contributed by atoms with Crippen LogP contribution in [0, 0.1) is 6.92 Å². The van der Waals surface area contributed by atoms with E-state index in [4.69, 9.17) is 23.2 Å². The Morgan fingerprint density at radius 3 is 2.17 bits per heavy atom. The van der Waals surface area contributed by atoms with Gasteiger partial charge in [-0.05, 0) is 57.0 Å². The maximum atomic E-state index is 14.1. The molecule has 0 aliphatic rings. The summed E-state index contributed by atoms with van der Waals surface area (Å²) in [4.78, 5) is 29.3. The predicted molar refractivity (Wildman–Crippen MR) is 162 cm³/mol. The molecule has 0 aliphatic heterocycles. The number of rotatable bonds is 10. The lowest BCUT2D eigenvalue weighted by atomic mass is 10.0. The van der Waals surface area contributed by atoms with E-state index in [0.717, 1.165) is 27.3 Å². The van der Waals surface area contributed by atoms with Gasteiger partial charge in [0.05, 0.1) is 17.0 Å². The highest BCUT2D eigenvalue weighted by molar-refractivity contribution is 7.92. The van der Waals surface area contributed by atoms with Crippen LogP contribution in [0.25, 0.3) is 0 Å². The fraction of sp³-hybridized carbons (Fsp3) is 0.333. The fourth-order valence-corrected chi connectivity index (χ4v) is 5.58. The molecule has 3 rings (SSSR count). The average molecular weight is 605 g/mol. The average Bonchev–Trinajstić information content (AvgIpc) is 2.85. The number of sulfonamides is 1. The smallest absolute Gasteiger partial charge is 0.244 e. The van der Waals surface area contributed by atoms with Crippen molar-refractivity contribution in [2.75, 3.05) is 17.1 Å². The van der Waals surface area contributed by atoms with Gasteiger partial charge >= 0.3 is 0 Å². The van der Waals surface area contributed by atoms with Crippen molar-refractivity contribution in [3.8, 4) is 0 Å². The molecule has 2 amide bonds. The van der Waals surface area contributed by atoms with Crippen LogP contribution < -0.4 is 9.62 Å². The van der Waals surface area contributed by atoms with E-state index in [1.54, 1.807) is 0 Å². The fourth-order valence-electron chi connectivity index (χ4n) is 4.29. The standard InChI is InChI=1S/C30H35Cl2N3O4S/c1-21-10-9-13-23(16-21)19-34(27(29(37)33-30(2,3)4)17-22-11-7-6-8-12-22)28(36)20-35(40(5,38)39)26-18-24(31)14-15-25(26)32/h6-16,18,27H,17,19-20H2,1-5H3,(H,33,37)/t27-/m0/s1. The summed E-state index contributed by atoms with van der Waals surface area (Å²) in [6.45, 7) is 7.06. The van der Waals surface area contributed by atoms with Crippen LogP contribution >= 0.6 is 23.2 Å². The summed E-state index contributed by atoms with van der Waals surface area (Å²) < 4.78 is 26.8. The lowest BCUT2D eigenvalue weighted by Gasteiger charge is -2.35. The summed E-state index contributed by atoms with van der Waals surface area (Å²) in [6.07, 6.45) is 1.23. The number of carbonyl (C=O) groups excluding carboxylic acids is 2. The molecule has 0 radical (unpaired) electrons. The number of halogens is 2. The van der Waals surface area contributed by atoms with E-state index in [1.165, 1.54) is 23.1 Å². The Bertz CT molecular complexity index is 1460. The highest BCUT2D eigenvalue weighted by Gasteiger charge is 2.34. The number of benzene rings is 3. The van der Waals surface area contributed by atoms with Gasteiger partial charge in [0.15, 0.2) is 0 Å². The van der Waals surface area contributed by atoms with E-state index in [2.05, 4.69) is 5.32 Å². The van der Waals surface area contributed by atoms with Crippen molar-refractivity contribution < 1.29 is 18.0 Å². The summed E-state index contributed by atoms with van der Waals surface area (Å²) in [5, 5.41) is 3.39. The van der Waals surface area contributed by atoms with Crippen LogP contribution in [-0.4, -0.2) is 49.5 Å². The van der Waals surface area contributed by atoms with E-state index in [9.17, 15) is 18.0 Å². The molecule has 0 heterocycles. The molecule has 0 fully saturated rings. The molecule has 3 aromatic carbocycles. The number of aryl methyl sites for hydroxylation is 1. The molecule has 0 saturated heterocycles. The first-order valence-electron chi connectivity index (χ1n) is 12.8. The zero-order valence-electron chi connectivity index (χ0n) is 23.3. The second-order valence-electron chi connectivity index (χ2n) is 10.8. The summed E-state index contributed by atoms with van der Waals surface area (Å²) in [5.74, 6) is -0.906. The second-order valence-corrected chi connectivity index (χ2v) is 13.6. The lowest BCUT2D eigenvalue weighted by Crippen LogP contribution is -2.56. The Labute approximate surface area is 247 Å². The third-order valence-electron chi connectivity index (χ3n) is 6.06. The largest absolute Gasteiger partial charge is 0.350 e. The molecule has 0 bridgehead atoms. The normalized spacial score (nSPS) is 12.5. The van der Waals surface area contributed by atoms with Crippen molar-refractivity contribution >= 4 is 50.7 Å². The Hall–Kier alpha value is -3.07. The number of anilines is 1. The molecule has 0 aromatic heterocycles. The van der Waals surface area contributed by atoms with Crippen LogP contribution in [0.15, 0.2) is 72.8 Å². The van der Waals surface area contributed by atoms with Gasteiger partial charge in [-0.25, -0.2) is 8.42 Å². The van der Waals surface area contributed by atoms with Gasteiger partial charge in [0.2, 0.25) is 21.8 Å². The van der Waals surface area contributed by atoms with Crippen LogP contribution in [0.2, 0.25) is 10.0 Å². The molecular formula is C30H35Cl2N3O4S. The Balaban J connectivity index is 2.10. The first-order valence-corrected chi connectivity index (χ1v) is 15.4. The highest BCUT2D eigenvalue weighted by atomic mass is 35.5. The highest BCUT2D eigenvalue weighted by Crippen LogP contribution is 2.31. The van der Waals surface area contributed by atoms with Crippen LogP contribution in [0.5, 0.6) is 0 Å². The number of amides is 2. The minimum atomic E-state index is -3.96. The summed E-state index contributed by atoms with van der Waals surface area (Å²) >= 11 is 12.5. The van der Waals surface area contributed by atoms with E-state index >= 15 is 0 Å². The second kappa shape index (κ2) is 13.1. The van der Waals surface area contributed by atoms with E-state index in [0.29, 0.717) is 0 Å². The maximum absolute atomic E-state index is 14.1. The van der Waals surface area contributed by atoms with Crippen molar-refractivity contribution in [3.63, 3.8) is 0 Å². The zero-order valence-corrected chi connectivity index (χ0v) is 25.6. The molecule has 214 valence electrons. The van der Waals surface area contributed by atoms with Gasteiger partial charge in [0, 0.05) is 23.5 Å². The van der Waals surface area contributed by atoms with E-state index in [-0.39, 0.29) is 34.6 Å². The van der Waals surface area contributed by atoms with Crippen LogP contribution in [0.4, 0.5) is 5.69 Å². The molecule has 3 aromatic rings. The molecule has 40 heavy (non-hydrogen) atoms. The lowest BCUT2D eigenvalue weighted by molar-refractivity contribution is -0.140. The SMILES string of the molecule is Cc1cccc(CN(C(=O)CN(c2cc(Cl)ccc2Cl)S(C)(=O)=O)[C@@H](Cc2ccccc2)C(=O)NC(C)(C)C)c1. The molecule has 7 nitrogen and oxygen atoms in total. The predicted octanol–water partition coefficient (Wildman–Crippen LogP) is 5.62. The molecule has 0 spiro atoms. The Kier molecular flexibility index (Phi) is 10.3. The van der Waals surface area contributed by atoms with Gasteiger partial charge in [-0.15, -0.1) is 0 Å². The molecule has 1 atom stereocenters. The summed E-state index contributed by atoms with van der Waals surface area (Å²) in [6, 6.07) is 20.5. The number of carbonyl (C=O) groups is 2. The molecule has 0 unspecified atom stereocenters. The van der Waals surface area contributed by atoms with Crippen LogP contribution in [-0.2, 0) is 32.6 Å². The molecule has 0 saturated carbocycles. The number of hydrogen-bond donors (Lipinski definition) is 1. The minimum absolute atomic E-state index is 0.0827. The molecule has 0 aliphatic carbocycles. The van der Waals surface area contributed by atoms with Crippen molar-refractivity contribution in [1.82, 2.24) is 10.2 Å². The minimum Gasteiger partial charge on any atom is -0.350 e.